The summed E-state index contributed by atoms with van der Waals surface area (Å²) in [6.45, 7) is 1.77. The lowest BCUT2D eigenvalue weighted by Gasteiger charge is -2.39. The van der Waals surface area contributed by atoms with Crippen LogP contribution in [0.25, 0.3) is 0 Å². The van der Waals surface area contributed by atoms with Crippen LogP contribution in [0.5, 0.6) is 0 Å². The summed E-state index contributed by atoms with van der Waals surface area (Å²) in [4.78, 5) is 21.9. The number of benzene rings is 1. The molecule has 114 valence electrons. The van der Waals surface area contributed by atoms with Gasteiger partial charge < -0.3 is 10.4 Å². The highest BCUT2D eigenvalue weighted by molar-refractivity contribution is 14.1. The van der Waals surface area contributed by atoms with Gasteiger partial charge in [0.15, 0.2) is 0 Å². The molecule has 2 atom stereocenters. The summed E-state index contributed by atoms with van der Waals surface area (Å²) in [5, 5.41) is 23.5. The number of nitrogens with one attached hydrogen (secondary N) is 1. The summed E-state index contributed by atoms with van der Waals surface area (Å²) in [7, 11) is 0. The van der Waals surface area contributed by atoms with Gasteiger partial charge in [0, 0.05) is 27.4 Å². The van der Waals surface area contributed by atoms with Crippen LogP contribution in [0.4, 0.5) is 11.4 Å². The zero-order valence-corrected chi connectivity index (χ0v) is 13.8. The van der Waals surface area contributed by atoms with Gasteiger partial charge in [-0.1, -0.05) is 12.8 Å². The minimum Gasteiger partial charge on any atom is -0.481 e. The summed E-state index contributed by atoms with van der Waals surface area (Å²) >= 11 is 2.03. The predicted octanol–water partition coefficient (Wildman–Crippen LogP) is 3.64. The monoisotopic (exact) mass is 404 g/mol. The van der Waals surface area contributed by atoms with Gasteiger partial charge in [-0.05, 0) is 48.4 Å². The molecule has 1 aliphatic carbocycles. The molecule has 6 nitrogen and oxygen atoms in total. The van der Waals surface area contributed by atoms with E-state index in [0.717, 1.165) is 28.5 Å². The van der Waals surface area contributed by atoms with Gasteiger partial charge in [0.2, 0.25) is 0 Å². The molecular formula is C14H17IN2O4. The second-order valence-electron chi connectivity index (χ2n) is 5.59. The Morgan fingerprint density at radius 3 is 2.81 bits per heavy atom. The van der Waals surface area contributed by atoms with Gasteiger partial charge in [0.1, 0.15) is 0 Å². The molecule has 1 aliphatic rings. The van der Waals surface area contributed by atoms with Crippen LogP contribution in [-0.2, 0) is 4.79 Å². The molecular weight excluding hydrogens is 387 g/mol. The van der Waals surface area contributed by atoms with Gasteiger partial charge >= 0.3 is 5.97 Å². The number of carboxylic acids is 1. The third-order valence-electron chi connectivity index (χ3n) is 4.19. The Hall–Kier alpha value is -1.38. The Bertz CT molecular complexity index is 578. The van der Waals surface area contributed by atoms with Crippen molar-refractivity contribution in [3.05, 3.63) is 31.9 Å². The maximum Gasteiger partial charge on any atom is 0.311 e. The summed E-state index contributed by atoms with van der Waals surface area (Å²) in [5.74, 6) is -0.795. The number of carboxylic acid groups (broad SMARTS) is 1. The molecule has 2 rings (SSSR count). The molecule has 21 heavy (non-hydrogen) atoms. The minimum absolute atomic E-state index is 0.0367. The van der Waals surface area contributed by atoms with E-state index in [4.69, 9.17) is 0 Å². The number of halogens is 1. The fourth-order valence-electron chi connectivity index (χ4n) is 2.74. The van der Waals surface area contributed by atoms with Gasteiger partial charge in [-0.2, -0.15) is 0 Å². The summed E-state index contributed by atoms with van der Waals surface area (Å²) in [6.07, 6.45) is 3.34. The molecule has 2 N–H and O–H groups in total. The average molecular weight is 404 g/mol. The van der Waals surface area contributed by atoms with E-state index in [1.807, 2.05) is 22.6 Å². The van der Waals surface area contributed by atoms with E-state index < -0.39 is 16.3 Å². The highest BCUT2D eigenvalue weighted by Gasteiger charge is 2.43. The summed E-state index contributed by atoms with van der Waals surface area (Å²) in [6, 6.07) is 4.41. The molecule has 1 aromatic rings. The Morgan fingerprint density at radius 1 is 1.52 bits per heavy atom. The lowest BCUT2D eigenvalue weighted by molar-refractivity contribution is -0.384. The van der Waals surface area contributed by atoms with Crippen molar-refractivity contribution in [2.75, 3.05) is 5.32 Å². The maximum absolute atomic E-state index is 11.6. The lowest BCUT2D eigenvalue weighted by atomic mass is 9.71. The Labute approximate surface area is 136 Å². The number of non-ortho nitro benzene ring substituents is 1. The van der Waals surface area contributed by atoms with Crippen LogP contribution in [0.3, 0.4) is 0 Å². The van der Waals surface area contributed by atoms with Crippen LogP contribution in [0, 0.1) is 19.1 Å². The van der Waals surface area contributed by atoms with Crippen molar-refractivity contribution in [2.24, 2.45) is 5.41 Å². The Morgan fingerprint density at radius 2 is 2.24 bits per heavy atom. The van der Waals surface area contributed by atoms with Gasteiger partial charge in [0.25, 0.3) is 5.69 Å². The first-order valence-corrected chi connectivity index (χ1v) is 7.86. The Balaban J connectivity index is 2.24. The highest BCUT2D eigenvalue weighted by Crippen LogP contribution is 2.39. The highest BCUT2D eigenvalue weighted by atomic mass is 127. The smallest absolute Gasteiger partial charge is 0.311 e. The van der Waals surface area contributed by atoms with Crippen LogP contribution in [0.1, 0.15) is 32.6 Å². The van der Waals surface area contributed by atoms with Crippen molar-refractivity contribution in [1.29, 1.82) is 0 Å². The topological polar surface area (TPSA) is 92.5 Å². The number of anilines is 1. The van der Waals surface area contributed by atoms with Gasteiger partial charge in [-0.3, -0.25) is 14.9 Å². The average Bonchev–Trinajstić information content (AvgIpc) is 2.43. The quantitative estimate of drug-likeness (QED) is 0.454. The fourth-order valence-corrected chi connectivity index (χ4v) is 3.40. The SMILES string of the molecule is CC1(C(=O)O)CCCCC1Nc1ccc([N+](=O)[O-])cc1I. The van der Waals surface area contributed by atoms with E-state index in [0.29, 0.717) is 6.42 Å². The fraction of sp³-hybridized carbons (Fsp3) is 0.500. The van der Waals surface area contributed by atoms with Crippen molar-refractivity contribution < 1.29 is 14.8 Å². The molecule has 0 spiro atoms. The van der Waals surface area contributed by atoms with E-state index in [2.05, 4.69) is 5.32 Å². The zero-order valence-electron chi connectivity index (χ0n) is 11.6. The molecule has 0 aliphatic heterocycles. The summed E-state index contributed by atoms with van der Waals surface area (Å²) in [5.41, 5.74) is -0.0153. The van der Waals surface area contributed by atoms with Crippen LogP contribution in [-0.4, -0.2) is 22.0 Å². The molecule has 1 saturated carbocycles. The molecule has 0 aromatic heterocycles. The third kappa shape index (κ3) is 3.28. The molecule has 0 amide bonds. The van der Waals surface area contributed by atoms with Crippen molar-refractivity contribution in [1.82, 2.24) is 0 Å². The molecule has 0 radical (unpaired) electrons. The molecule has 0 saturated heterocycles. The van der Waals surface area contributed by atoms with Crippen molar-refractivity contribution in [3.8, 4) is 0 Å². The van der Waals surface area contributed by atoms with Crippen LogP contribution in [0.2, 0.25) is 0 Å². The van der Waals surface area contributed by atoms with Crippen molar-refractivity contribution >= 4 is 39.9 Å². The van der Waals surface area contributed by atoms with E-state index in [-0.39, 0.29) is 11.7 Å². The molecule has 1 aromatic carbocycles. The van der Waals surface area contributed by atoms with Crippen LogP contribution < -0.4 is 5.32 Å². The first kappa shape index (κ1) is 16.0. The van der Waals surface area contributed by atoms with E-state index in [9.17, 15) is 20.0 Å². The first-order valence-electron chi connectivity index (χ1n) is 6.78. The van der Waals surface area contributed by atoms with E-state index in [1.165, 1.54) is 12.1 Å². The predicted molar refractivity (Wildman–Crippen MR) is 87.4 cm³/mol. The van der Waals surface area contributed by atoms with Gasteiger partial charge in [0.05, 0.1) is 10.3 Å². The van der Waals surface area contributed by atoms with E-state index >= 15 is 0 Å². The number of nitro groups is 1. The molecule has 0 bridgehead atoms. The number of hydrogen-bond donors (Lipinski definition) is 2. The number of carbonyl (C=O) groups is 1. The molecule has 0 heterocycles. The largest absolute Gasteiger partial charge is 0.481 e. The maximum atomic E-state index is 11.6. The molecule has 2 unspecified atom stereocenters. The zero-order chi connectivity index (χ0) is 15.6. The van der Waals surface area contributed by atoms with Crippen LogP contribution >= 0.6 is 22.6 Å². The van der Waals surface area contributed by atoms with E-state index in [1.54, 1.807) is 13.0 Å². The second-order valence-corrected chi connectivity index (χ2v) is 6.75. The first-order chi connectivity index (χ1) is 9.84. The number of hydrogen-bond acceptors (Lipinski definition) is 4. The molecule has 7 heteroatoms. The normalized spacial score (nSPS) is 25.3. The number of nitrogens with zero attached hydrogens (tertiary/aromatic N) is 1. The van der Waals surface area contributed by atoms with Gasteiger partial charge in [-0.25, -0.2) is 0 Å². The van der Waals surface area contributed by atoms with Crippen molar-refractivity contribution in [3.63, 3.8) is 0 Å². The summed E-state index contributed by atoms with van der Waals surface area (Å²) < 4.78 is 0.722. The standard InChI is InChI=1S/C14H17IN2O4/c1-14(13(18)19)7-3-2-4-12(14)16-11-6-5-9(17(20)21)8-10(11)15/h5-6,8,12,16H,2-4,7H2,1H3,(H,18,19). The number of nitro benzene ring substituents is 1. The minimum atomic E-state index is -0.802. The lowest BCUT2D eigenvalue weighted by Crippen LogP contribution is -2.46. The van der Waals surface area contributed by atoms with Crippen molar-refractivity contribution in [2.45, 2.75) is 38.6 Å². The second kappa shape index (κ2) is 6.17. The Kier molecular flexibility index (Phi) is 4.70. The number of aliphatic carboxylic acids is 1. The third-order valence-corrected chi connectivity index (χ3v) is 5.08. The molecule has 1 fully saturated rings. The van der Waals surface area contributed by atoms with Crippen LogP contribution in [0.15, 0.2) is 18.2 Å². The van der Waals surface area contributed by atoms with Gasteiger partial charge in [-0.15, -0.1) is 0 Å². The number of rotatable bonds is 4.